The predicted octanol–water partition coefficient (Wildman–Crippen LogP) is 1.84. The van der Waals surface area contributed by atoms with Crippen molar-refractivity contribution in [1.82, 2.24) is 14.6 Å². The van der Waals surface area contributed by atoms with Gasteiger partial charge in [-0.2, -0.15) is 11.8 Å². The third-order valence-electron chi connectivity index (χ3n) is 3.13. The average Bonchev–Trinajstić information content (AvgIpc) is 2.99. The van der Waals surface area contributed by atoms with Gasteiger partial charge in [0.05, 0.1) is 0 Å². The maximum atomic E-state index is 10.8. The standard InChI is InChI=1S/C12H13N3OS/c16-7-10-1-2-11-13-14-12(15(11)6-10)5-9-3-4-17-8-9/h1-2,6-7,9H,3-5,8H2. The Morgan fingerprint density at radius 1 is 1.47 bits per heavy atom. The smallest absolute Gasteiger partial charge is 0.160 e. The summed E-state index contributed by atoms with van der Waals surface area (Å²) < 4.78 is 1.94. The van der Waals surface area contributed by atoms with Crippen LogP contribution >= 0.6 is 11.8 Å². The van der Waals surface area contributed by atoms with Crippen LogP contribution in [0.15, 0.2) is 18.3 Å². The molecule has 1 saturated heterocycles. The summed E-state index contributed by atoms with van der Waals surface area (Å²) in [5, 5.41) is 8.35. The third kappa shape index (κ3) is 2.07. The fraction of sp³-hybridized carbons (Fsp3) is 0.417. The first-order valence-electron chi connectivity index (χ1n) is 5.73. The number of hydrogen-bond donors (Lipinski definition) is 0. The number of hydrogen-bond acceptors (Lipinski definition) is 4. The van der Waals surface area contributed by atoms with Crippen molar-refractivity contribution in [1.29, 1.82) is 0 Å². The van der Waals surface area contributed by atoms with Crippen LogP contribution < -0.4 is 0 Å². The van der Waals surface area contributed by atoms with Gasteiger partial charge in [-0.05, 0) is 36.0 Å². The molecule has 1 fully saturated rings. The van der Waals surface area contributed by atoms with Gasteiger partial charge in [0.1, 0.15) is 5.82 Å². The number of carbonyl (C=O) groups excluding carboxylic acids is 1. The van der Waals surface area contributed by atoms with Crippen molar-refractivity contribution in [2.75, 3.05) is 11.5 Å². The van der Waals surface area contributed by atoms with Gasteiger partial charge < -0.3 is 0 Å². The molecule has 0 saturated carbocycles. The SMILES string of the molecule is O=Cc1ccc2nnc(CC3CCSC3)n2c1. The molecule has 0 aromatic carbocycles. The molecule has 4 nitrogen and oxygen atoms in total. The largest absolute Gasteiger partial charge is 0.298 e. The van der Waals surface area contributed by atoms with Crippen LogP contribution in [0.1, 0.15) is 22.6 Å². The van der Waals surface area contributed by atoms with Crippen molar-refractivity contribution < 1.29 is 4.79 Å². The zero-order chi connectivity index (χ0) is 11.7. The van der Waals surface area contributed by atoms with E-state index in [2.05, 4.69) is 10.2 Å². The second-order valence-corrected chi connectivity index (χ2v) is 5.51. The third-order valence-corrected chi connectivity index (χ3v) is 4.36. The molecule has 1 atom stereocenters. The molecule has 0 bridgehead atoms. The van der Waals surface area contributed by atoms with Crippen LogP contribution in [0.4, 0.5) is 0 Å². The Hall–Kier alpha value is -1.36. The number of nitrogens with zero attached hydrogens (tertiary/aromatic N) is 3. The van der Waals surface area contributed by atoms with Crippen LogP contribution in [0.25, 0.3) is 5.65 Å². The van der Waals surface area contributed by atoms with Crippen LogP contribution in [0, 0.1) is 5.92 Å². The topological polar surface area (TPSA) is 47.3 Å². The van der Waals surface area contributed by atoms with E-state index in [4.69, 9.17) is 0 Å². The summed E-state index contributed by atoms with van der Waals surface area (Å²) in [4.78, 5) is 10.8. The first-order chi connectivity index (χ1) is 8.36. The van der Waals surface area contributed by atoms with Gasteiger partial charge in [-0.1, -0.05) is 0 Å². The molecule has 1 unspecified atom stereocenters. The number of fused-ring (bicyclic) bond motifs is 1. The zero-order valence-corrected chi connectivity index (χ0v) is 10.2. The lowest BCUT2D eigenvalue weighted by Gasteiger charge is -2.06. The van der Waals surface area contributed by atoms with E-state index < -0.39 is 0 Å². The van der Waals surface area contributed by atoms with Crippen molar-refractivity contribution in [3.8, 4) is 0 Å². The van der Waals surface area contributed by atoms with E-state index >= 15 is 0 Å². The molecule has 0 amide bonds. The maximum Gasteiger partial charge on any atom is 0.160 e. The zero-order valence-electron chi connectivity index (χ0n) is 9.37. The van der Waals surface area contributed by atoms with Crippen molar-refractivity contribution >= 4 is 23.7 Å². The number of aromatic nitrogens is 3. The van der Waals surface area contributed by atoms with Gasteiger partial charge in [-0.3, -0.25) is 9.20 Å². The molecule has 5 heteroatoms. The number of pyridine rings is 1. The number of carbonyl (C=O) groups is 1. The molecule has 1 aliphatic rings. The summed E-state index contributed by atoms with van der Waals surface area (Å²) in [7, 11) is 0. The molecule has 0 N–H and O–H groups in total. The quantitative estimate of drug-likeness (QED) is 0.776. The minimum atomic E-state index is 0.666. The minimum absolute atomic E-state index is 0.666. The van der Waals surface area contributed by atoms with E-state index in [0.717, 1.165) is 24.2 Å². The lowest BCUT2D eigenvalue weighted by Crippen LogP contribution is -2.06. The van der Waals surface area contributed by atoms with E-state index in [-0.39, 0.29) is 0 Å². The van der Waals surface area contributed by atoms with E-state index in [1.165, 1.54) is 17.9 Å². The van der Waals surface area contributed by atoms with Gasteiger partial charge in [0.15, 0.2) is 11.9 Å². The molecular formula is C12H13N3OS. The highest BCUT2D eigenvalue weighted by molar-refractivity contribution is 7.99. The van der Waals surface area contributed by atoms with E-state index in [0.29, 0.717) is 11.5 Å². The summed E-state index contributed by atoms with van der Waals surface area (Å²) in [6.45, 7) is 0. The van der Waals surface area contributed by atoms with Crippen LogP contribution in [-0.4, -0.2) is 32.4 Å². The van der Waals surface area contributed by atoms with E-state index in [9.17, 15) is 4.79 Å². The summed E-state index contributed by atoms with van der Waals surface area (Å²) in [6, 6.07) is 3.61. The van der Waals surface area contributed by atoms with Crippen LogP contribution in [0.2, 0.25) is 0 Å². The molecule has 0 spiro atoms. The number of aldehydes is 1. The lowest BCUT2D eigenvalue weighted by molar-refractivity contribution is 0.112. The molecule has 0 radical (unpaired) electrons. The van der Waals surface area contributed by atoms with Crippen LogP contribution in [0.5, 0.6) is 0 Å². The molecule has 3 heterocycles. The summed E-state index contributed by atoms with van der Waals surface area (Å²) in [5.74, 6) is 4.13. The molecule has 1 aliphatic heterocycles. The Morgan fingerprint density at radius 2 is 2.41 bits per heavy atom. The Kier molecular flexibility index (Phi) is 2.84. The molecule has 2 aromatic rings. The molecule has 3 rings (SSSR count). The fourth-order valence-corrected chi connectivity index (χ4v) is 3.45. The maximum absolute atomic E-state index is 10.8. The van der Waals surface area contributed by atoms with Crippen molar-refractivity contribution in [2.24, 2.45) is 5.92 Å². The van der Waals surface area contributed by atoms with Crippen LogP contribution in [0.3, 0.4) is 0 Å². The number of thioether (sulfide) groups is 1. The molecule has 0 aliphatic carbocycles. The first-order valence-corrected chi connectivity index (χ1v) is 6.89. The van der Waals surface area contributed by atoms with Crippen molar-refractivity contribution in [3.05, 3.63) is 29.7 Å². The average molecular weight is 247 g/mol. The Labute approximate surface area is 103 Å². The van der Waals surface area contributed by atoms with Gasteiger partial charge in [-0.15, -0.1) is 10.2 Å². The van der Waals surface area contributed by atoms with E-state index in [1.807, 2.05) is 28.4 Å². The number of rotatable bonds is 3. The minimum Gasteiger partial charge on any atom is -0.298 e. The van der Waals surface area contributed by atoms with Crippen molar-refractivity contribution in [3.63, 3.8) is 0 Å². The van der Waals surface area contributed by atoms with Gasteiger partial charge >= 0.3 is 0 Å². The summed E-state index contributed by atoms with van der Waals surface area (Å²) in [6.07, 6.45) is 4.89. The Morgan fingerprint density at radius 3 is 3.18 bits per heavy atom. The monoisotopic (exact) mass is 247 g/mol. The fourth-order valence-electron chi connectivity index (χ4n) is 2.17. The lowest BCUT2D eigenvalue weighted by atomic mass is 10.1. The second kappa shape index (κ2) is 4.49. The van der Waals surface area contributed by atoms with Crippen molar-refractivity contribution in [2.45, 2.75) is 12.8 Å². The molecular weight excluding hydrogens is 234 g/mol. The molecule has 88 valence electrons. The highest BCUT2D eigenvalue weighted by Gasteiger charge is 2.18. The predicted molar refractivity (Wildman–Crippen MR) is 67.5 cm³/mol. The Bertz CT molecular complexity index is 546. The summed E-state index contributed by atoms with van der Waals surface area (Å²) in [5.41, 5.74) is 1.48. The Balaban J connectivity index is 1.94. The van der Waals surface area contributed by atoms with E-state index in [1.54, 1.807) is 6.07 Å². The second-order valence-electron chi connectivity index (χ2n) is 4.36. The van der Waals surface area contributed by atoms with Gasteiger partial charge in [-0.25, -0.2) is 0 Å². The summed E-state index contributed by atoms with van der Waals surface area (Å²) >= 11 is 2.00. The normalized spacial score (nSPS) is 19.9. The highest BCUT2D eigenvalue weighted by atomic mass is 32.2. The van der Waals surface area contributed by atoms with Gasteiger partial charge in [0.2, 0.25) is 0 Å². The molecule has 2 aromatic heterocycles. The molecule has 17 heavy (non-hydrogen) atoms. The first kappa shape index (κ1) is 10.8. The van der Waals surface area contributed by atoms with Gasteiger partial charge in [0.25, 0.3) is 0 Å². The van der Waals surface area contributed by atoms with Gasteiger partial charge in [0, 0.05) is 18.2 Å². The highest BCUT2D eigenvalue weighted by Crippen LogP contribution is 2.26. The van der Waals surface area contributed by atoms with Crippen LogP contribution in [-0.2, 0) is 6.42 Å².